The standard InChI is InChI=1S/C6H3Cl2O3S/c7-4-1-5(8)3-6(2-4)12(9,10)11/h2-3H,(H,9,10,11). The predicted molar refractivity (Wildman–Crippen MR) is 45.1 cm³/mol. The first-order valence-electron chi connectivity index (χ1n) is 2.75. The Hall–Kier alpha value is -0.290. The van der Waals surface area contributed by atoms with Crippen molar-refractivity contribution in [2.45, 2.75) is 4.90 Å². The van der Waals surface area contributed by atoms with E-state index in [2.05, 4.69) is 6.07 Å². The first-order valence-corrected chi connectivity index (χ1v) is 4.95. The summed E-state index contributed by atoms with van der Waals surface area (Å²) in [6.45, 7) is 0. The summed E-state index contributed by atoms with van der Waals surface area (Å²) in [7, 11) is -4.24. The molecule has 0 amide bonds. The summed E-state index contributed by atoms with van der Waals surface area (Å²) in [5, 5.41) is 0.0743. The van der Waals surface area contributed by atoms with Crippen molar-refractivity contribution in [2.24, 2.45) is 0 Å². The first kappa shape index (κ1) is 9.80. The Morgan fingerprint density at radius 2 is 1.67 bits per heavy atom. The molecule has 0 saturated heterocycles. The van der Waals surface area contributed by atoms with E-state index in [1.807, 2.05) is 0 Å². The zero-order valence-corrected chi connectivity index (χ0v) is 7.91. The third-order valence-electron chi connectivity index (χ3n) is 1.07. The summed E-state index contributed by atoms with van der Waals surface area (Å²) < 4.78 is 29.7. The van der Waals surface area contributed by atoms with Crippen LogP contribution < -0.4 is 0 Å². The van der Waals surface area contributed by atoms with Gasteiger partial charge in [0.05, 0.1) is 14.9 Å². The maximum Gasteiger partial charge on any atom is 0.294 e. The third-order valence-corrected chi connectivity index (χ3v) is 2.31. The van der Waals surface area contributed by atoms with Crippen LogP contribution in [0.15, 0.2) is 17.0 Å². The zero-order valence-electron chi connectivity index (χ0n) is 5.58. The Morgan fingerprint density at radius 1 is 1.25 bits per heavy atom. The topological polar surface area (TPSA) is 54.4 Å². The van der Waals surface area contributed by atoms with Gasteiger partial charge in [-0.25, -0.2) is 0 Å². The fourth-order valence-electron chi connectivity index (χ4n) is 0.627. The quantitative estimate of drug-likeness (QED) is 0.745. The van der Waals surface area contributed by atoms with Crippen molar-refractivity contribution in [3.05, 3.63) is 28.2 Å². The summed E-state index contributed by atoms with van der Waals surface area (Å²) in [4.78, 5) is -0.337. The summed E-state index contributed by atoms with van der Waals surface area (Å²) in [5.41, 5.74) is 0. The molecule has 0 aromatic heterocycles. The van der Waals surface area contributed by atoms with E-state index in [1.54, 1.807) is 0 Å². The van der Waals surface area contributed by atoms with Crippen molar-refractivity contribution < 1.29 is 13.0 Å². The SMILES string of the molecule is O=S(=O)(O)c1cc(Cl)[c]c(Cl)c1. The van der Waals surface area contributed by atoms with Crippen LogP contribution in [0.2, 0.25) is 10.0 Å². The second-order valence-electron chi connectivity index (χ2n) is 1.99. The number of hydrogen-bond acceptors (Lipinski definition) is 2. The molecule has 0 atom stereocenters. The van der Waals surface area contributed by atoms with Crippen molar-refractivity contribution in [2.75, 3.05) is 0 Å². The van der Waals surface area contributed by atoms with Gasteiger partial charge in [-0.15, -0.1) is 0 Å². The molecule has 1 aromatic rings. The van der Waals surface area contributed by atoms with Crippen molar-refractivity contribution in [1.82, 2.24) is 0 Å². The highest BCUT2D eigenvalue weighted by atomic mass is 35.5. The molecule has 1 rings (SSSR count). The van der Waals surface area contributed by atoms with Crippen LogP contribution in [-0.2, 0) is 10.1 Å². The highest BCUT2D eigenvalue weighted by Crippen LogP contribution is 2.20. The van der Waals surface area contributed by atoms with E-state index in [1.165, 1.54) is 0 Å². The summed E-state index contributed by atoms with van der Waals surface area (Å²) in [5.74, 6) is 0. The van der Waals surface area contributed by atoms with Gasteiger partial charge in [-0.05, 0) is 12.1 Å². The molecule has 12 heavy (non-hydrogen) atoms. The molecule has 0 spiro atoms. The van der Waals surface area contributed by atoms with Gasteiger partial charge >= 0.3 is 0 Å². The molecule has 1 N–H and O–H groups in total. The molecule has 0 aliphatic heterocycles. The van der Waals surface area contributed by atoms with Crippen molar-refractivity contribution in [3.8, 4) is 0 Å². The highest BCUT2D eigenvalue weighted by Gasteiger charge is 2.10. The van der Waals surface area contributed by atoms with Crippen LogP contribution in [0.25, 0.3) is 0 Å². The maximum atomic E-state index is 10.6. The lowest BCUT2D eigenvalue weighted by Crippen LogP contribution is -1.97. The fourth-order valence-corrected chi connectivity index (χ4v) is 1.78. The molecule has 0 aliphatic rings. The van der Waals surface area contributed by atoms with Gasteiger partial charge in [-0.1, -0.05) is 23.2 Å². The molecule has 1 aromatic carbocycles. The van der Waals surface area contributed by atoms with E-state index >= 15 is 0 Å². The Morgan fingerprint density at radius 3 is 2.00 bits per heavy atom. The van der Waals surface area contributed by atoms with E-state index < -0.39 is 10.1 Å². The molecule has 0 unspecified atom stereocenters. The molecule has 6 heteroatoms. The van der Waals surface area contributed by atoms with Gasteiger partial charge in [0.2, 0.25) is 0 Å². The third kappa shape index (κ3) is 2.35. The van der Waals surface area contributed by atoms with Crippen LogP contribution in [0.1, 0.15) is 0 Å². The molecular formula is C6H3Cl2O3S. The van der Waals surface area contributed by atoms with Gasteiger partial charge in [-0.3, -0.25) is 4.55 Å². The molecule has 0 fully saturated rings. The molecule has 0 heterocycles. The molecule has 0 saturated carbocycles. The number of rotatable bonds is 1. The number of benzene rings is 1. The lowest BCUT2D eigenvalue weighted by atomic mass is 10.4. The lowest BCUT2D eigenvalue weighted by Gasteiger charge is -1.97. The number of halogens is 2. The predicted octanol–water partition coefficient (Wildman–Crippen LogP) is 2.04. The number of hydrogen-bond donors (Lipinski definition) is 1. The van der Waals surface area contributed by atoms with Gasteiger partial charge in [0.15, 0.2) is 0 Å². The van der Waals surface area contributed by atoms with Gasteiger partial charge in [0, 0.05) is 6.07 Å². The maximum absolute atomic E-state index is 10.6. The van der Waals surface area contributed by atoms with Crippen LogP contribution in [0.5, 0.6) is 0 Å². The monoisotopic (exact) mass is 225 g/mol. The lowest BCUT2D eigenvalue weighted by molar-refractivity contribution is 0.483. The highest BCUT2D eigenvalue weighted by molar-refractivity contribution is 7.85. The summed E-state index contributed by atoms with van der Waals surface area (Å²) in [6, 6.07) is 4.55. The molecule has 0 aliphatic carbocycles. The largest absolute Gasteiger partial charge is 0.294 e. The van der Waals surface area contributed by atoms with Crippen molar-refractivity contribution >= 4 is 33.3 Å². The molecule has 65 valence electrons. The van der Waals surface area contributed by atoms with Gasteiger partial charge in [0.25, 0.3) is 10.1 Å². The fraction of sp³-hybridized carbons (Fsp3) is 0. The Bertz CT molecular complexity index is 379. The van der Waals surface area contributed by atoms with Crippen LogP contribution in [-0.4, -0.2) is 13.0 Å². The second-order valence-corrected chi connectivity index (χ2v) is 4.22. The molecule has 0 bridgehead atoms. The van der Waals surface area contributed by atoms with Crippen molar-refractivity contribution in [3.63, 3.8) is 0 Å². The molecular weight excluding hydrogens is 223 g/mol. The normalized spacial score (nSPS) is 11.6. The van der Waals surface area contributed by atoms with Crippen LogP contribution in [0.4, 0.5) is 0 Å². The zero-order chi connectivity index (χ0) is 9.35. The van der Waals surface area contributed by atoms with E-state index in [9.17, 15) is 8.42 Å². The molecule has 1 radical (unpaired) electrons. The minimum absolute atomic E-state index is 0.0372. The van der Waals surface area contributed by atoms with Crippen LogP contribution >= 0.6 is 23.2 Å². The van der Waals surface area contributed by atoms with Gasteiger partial charge in [-0.2, -0.15) is 8.42 Å². The van der Waals surface area contributed by atoms with E-state index in [0.717, 1.165) is 12.1 Å². The minimum Gasteiger partial charge on any atom is -0.282 e. The summed E-state index contributed by atoms with van der Waals surface area (Å²) in [6.07, 6.45) is 0. The Balaban J connectivity index is 3.37. The van der Waals surface area contributed by atoms with Crippen molar-refractivity contribution in [1.29, 1.82) is 0 Å². The smallest absolute Gasteiger partial charge is 0.282 e. The average molecular weight is 226 g/mol. The van der Waals surface area contributed by atoms with E-state index in [0.29, 0.717) is 0 Å². The van der Waals surface area contributed by atoms with Gasteiger partial charge < -0.3 is 0 Å². The van der Waals surface area contributed by atoms with Crippen LogP contribution in [0.3, 0.4) is 0 Å². The average Bonchev–Trinajstić information content (AvgIpc) is 1.82. The second kappa shape index (κ2) is 3.22. The van der Waals surface area contributed by atoms with Gasteiger partial charge in [0.1, 0.15) is 0 Å². The van der Waals surface area contributed by atoms with E-state index in [4.69, 9.17) is 27.8 Å². The van der Waals surface area contributed by atoms with Crippen LogP contribution in [0, 0.1) is 6.07 Å². The summed E-state index contributed by atoms with van der Waals surface area (Å²) >= 11 is 10.9. The molecule has 3 nitrogen and oxygen atoms in total. The first-order chi connectivity index (χ1) is 5.39. The Labute approximate surface area is 79.7 Å². The van der Waals surface area contributed by atoms with E-state index in [-0.39, 0.29) is 14.9 Å². The minimum atomic E-state index is -4.24. The Kier molecular flexibility index (Phi) is 2.63.